The number of hydrogen-bond donors (Lipinski definition) is 2. The molecule has 1 atom stereocenters. The number of aromatic nitrogens is 3. The third-order valence-corrected chi connectivity index (χ3v) is 6.95. The van der Waals surface area contributed by atoms with Crippen LogP contribution >= 0.6 is 11.8 Å². The third kappa shape index (κ3) is 6.46. The van der Waals surface area contributed by atoms with Crippen molar-refractivity contribution in [2.45, 2.75) is 58.8 Å². The van der Waals surface area contributed by atoms with Gasteiger partial charge in [-0.05, 0) is 61.6 Å². The standard InChI is InChI=1S/C27H35N5O3S/c1-7-19-11-9-10-18(5)24(19)28-22(33)16-36-27-31-30-25(32(27)8-2)23(17(3)4)29-26(34)20-12-14-21(35-6)15-13-20/h9-15,17,23H,7-8,16H2,1-6H3,(H,28,33)(H,29,34)/t23-/m0/s1. The van der Waals surface area contributed by atoms with Crippen LogP contribution < -0.4 is 15.4 Å². The number of methoxy groups -OCH3 is 1. The number of anilines is 1. The number of ether oxygens (including phenoxy) is 1. The molecule has 3 rings (SSSR count). The SMILES string of the molecule is CCc1cccc(C)c1NC(=O)CSc1nnc([C@@H](NC(=O)c2ccc(OC)cc2)C(C)C)n1CC. The Morgan fingerprint density at radius 3 is 2.42 bits per heavy atom. The molecular weight excluding hydrogens is 474 g/mol. The van der Waals surface area contributed by atoms with Gasteiger partial charge in [-0.2, -0.15) is 0 Å². The summed E-state index contributed by atoms with van der Waals surface area (Å²) in [7, 11) is 1.59. The highest BCUT2D eigenvalue weighted by Crippen LogP contribution is 2.27. The van der Waals surface area contributed by atoms with Gasteiger partial charge in [-0.1, -0.05) is 50.7 Å². The number of carbonyl (C=O) groups is 2. The number of nitrogens with zero attached hydrogens (tertiary/aromatic N) is 3. The van der Waals surface area contributed by atoms with Crippen LogP contribution in [0, 0.1) is 12.8 Å². The monoisotopic (exact) mass is 509 g/mol. The molecule has 0 bridgehead atoms. The van der Waals surface area contributed by atoms with Crippen molar-refractivity contribution in [3.8, 4) is 5.75 Å². The molecule has 0 saturated heterocycles. The summed E-state index contributed by atoms with van der Waals surface area (Å²) < 4.78 is 7.14. The maximum Gasteiger partial charge on any atom is 0.251 e. The second-order valence-electron chi connectivity index (χ2n) is 8.81. The molecule has 0 fully saturated rings. The van der Waals surface area contributed by atoms with Gasteiger partial charge >= 0.3 is 0 Å². The maximum atomic E-state index is 12.9. The molecule has 0 radical (unpaired) electrons. The first-order valence-electron chi connectivity index (χ1n) is 12.2. The normalized spacial score (nSPS) is 11.9. The van der Waals surface area contributed by atoms with E-state index in [1.54, 1.807) is 31.4 Å². The number of para-hydroxylation sites is 1. The highest BCUT2D eigenvalue weighted by atomic mass is 32.2. The highest BCUT2D eigenvalue weighted by molar-refractivity contribution is 7.99. The zero-order valence-electron chi connectivity index (χ0n) is 21.8. The van der Waals surface area contributed by atoms with Crippen LogP contribution in [0.5, 0.6) is 5.75 Å². The summed E-state index contributed by atoms with van der Waals surface area (Å²) in [6.45, 7) is 10.7. The molecule has 2 amide bonds. The Balaban J connectivity index is 1.72. The molecule has 9 heteroatoms. The van der Waals surface area contributed by atoms with E-state index in [0.717, 1.165) is 23.2 Å². The number of benzene rings is 2. The summed E-state index contributed by atoms with van der Waals surface area (Å²) in [5.41, 5.74) is 3.57. The van der Waals surface area contributed by atoms with Crippen LogP contribution in [0.1, 0.15) is 61.0 Å². The van der Waals surface area contributed by atoms with Crippen LogP contribution in [-0.2, 0) is 17.8 Å². The fourth-order valence-electron chi connectivity index (χ4n) is 3.94. The predicted molar refractivity (Wildman–Crippen MR) is 144 cm³/mol. The van der Waals surface area contributed by atoms with Gasteiger partial charge in [0.1, 0.15) is 5.75 Å². The Morgan fingerprint density at radius 1 is 1.08 bits per heavy atom. The summed E-state index contributed by atoms with van der Waals surface area (Å²) >= 11 is 1.34. The lowest BCUT2D eigenvalue weighted by Gasteiger charge is -2.22. The third-order valence-electron chi connectivity index (χ3n) is 5.98. The maximum absolute atomic E-state index is 12.9. The Labute approximate surface area is 217 Å². The smallest absolute Gasteiger partial charge is 0.251 e. The number of carbonyl (C=O) groups excluding carboxylic acids is 2. The molecule has 2 N–H and O–H groups in total. The summed E-state index contributed by atoms with van der Waals surface area (Å²) in [5.74, 6) is 1.36. The average molecular weight is 510 g/mol. The van der Waals surface area contributed by atoms with Gasteiger partial charge in [0.15, 0.2) is 11.0 Å². The topological polar surface area (TPSA) is 98.1 Å². The van der Waals surface area contributed by atoms with Gasteiger partial charge in [-0.3, -0.25) is 9.59 Å². The molecule has 0 aliphatic rings. The Kier molecular flexibility index (Phi) is 9.52. The van der Waals surface area contributed by atoms with Gasteiger partial charge in [0.2, 0.25) is 5.91 Å². The molecule has 0 aliphatic heterocycles. The number of thioether (sulfide) groups is 1. The van der Waals surface area contributed by atoms with E-state index in [4.69, 9.17) is 4.74 Å². The minimum atomic E-state index is -0.339. The number of aryl methyl sites for hydroxylation is 2. The summed E-state index contributed by atoms with van der Waals surface area (Å²) in [4.78, 5) is 25.7. The predicted octanol–water partition coefficient (Wildman–Crippen LogP) is 5.04. The Bertz CT molecular complexity index is 1190. The lowest BCUT2D eigenvalue weighted by atomic mass is 10.0. The molecule has 36 heavy (non-hydrogen) atoms. The molecule has 3 aromatic rings. The molecule has 0 saturated carbocycles. The molecule has 192 valence electrons. The Hall–Kier alpha value is -3.33. The van der Waals surface area contributed by atoms with E-state index in [-0.39, 0.29) is 29.5 Å². The van der Waals surface area contributed by atoms with Gasteiger partial charge in [0, 0.05) is 17.8 Å². The van der Waals surface area contributed by atoms with Crippen molar-refractivity contribution >= 4 is 29.3 Å². The van der Waals surface area contributed by atoms with Crippen LogP contribution in [0.15, 0.2) is 47.6 Å². The fourth-order valence-corrected chi connectivity index (χ4v) is 4.75. The van der Waals surface area contributed by atoms with E-state index in [1.165, 1.54) is 11.8 Å². The van der Waals surface area contributed by atoms with Crippen molar-refractivity contribution in [3.05, 3.63) is 65.0 Å². The minimum absolute atomic E-state index is 0.0800. The molecule has 1 heterocycles. The van der Waals surface area contributed by atoms with E-state index < -0.39 is 0 Å². The minimum Gasteiger partial charge on any atom is -0.497 e. The second-order valence-corrected chi connectivity index (χ2v) is 9.75. The fraction of sp³-hybridized carbons (Fsp3) is 0.407. The van der Waals surface area contributed by atoms with Crippen molar-refractivity contribution in [3.63, 3.8) is 0 Å². The van der Waals surface area contributed by atoms with Gasteiger partial charge < -0.3 is 19.9 Å². The second kappa shape index (κ2) is 12.6. The summed E-state index contributed by atoms with van der Waals surface area (Å²) in [6, 6.07) is 12.7. The van der Waals surface area contributed by atoms with Gasteiger partial charge in [0.05, 0.1) is 18.9 Å². The van der Waals surface area contributed by atoms with E-state index in [0.29, 0.717) is 28.8 Å². The molecule has 0 unspecified atom stereocenters. The molecular formula is C27H35N5O3S. The highest BCUT2D eigenvalue weighted by Gasteiger charge is 2.26. The average Bonchev–Trinajstić information content (AvgIpc) is 3.29. The van der Waals surface area contributed by atoms with Crippen LogP contribution in [0.25, 0.3) is 0 Å². The van der Waals surface area contributed by atoms with Crippen molar-refractivity contribution in [2.24, 2.45) is 5.92 Å². The molecule has 1 aromatic heterocycles. The van der Waals surface area contributed by atoms with Crippen LogP contribution in [0.2, 0.25) is 0 Å². The number of hydrogen-bond acceptors (Lipinski definition) is 6. The van der Waals surface area contributed by atoms with E-state index in [9.17, 15) is 9.59 Å². The molecule has 2 aromatic carbocycles. The molecule has 8 nitrogen and oxygen atoms in total. The van der Waals surface area contributed by atoms with Crippen molar-refractivity contribution in [2.75, 3.05) is 18.2 Å². The van der Waals surface area contributed by atoms with Crippen molar-refractivity contribution in [1.82, 2.24) is 20.1 Å². The van der Waals surface area contributed by atoms with Gasteiger partial charge in [0.25, 0.3) is 5.91 Å². The molecule has 0 spiro atoms. The van der Waals surface area contributed by atoms with E-state index >= 15 is 0 Å². The number of nitrogens with one attached hydrogen (secondary N) is 2. The quantitative estimate of drug-likeness (QED) is 0.352. The zero-order chi connectivity index (χ0) is 26.2. The van der Waals surface area contributed by atoms with Crippen molar-refractivity contribution < 1.29 is 14.3 Å². The van der Waals surface area contributed by atoms with Gasteiger partial charge in [-0.25, -0.2) is 0 Å². The van der Waals surface area contributed by atoms with E-state index in [1.807, 2.05) is 50.5 Å². The van der Waals surface area contributed by atoms with Gasteiger partial charge in [-0.15, -0.1) is 10.2 Å². The van der Waals surface area contributed by atoms with Crippen LogP contribution in [0.4, 0.5) is 5.69 Å². The van der Waals surface area contributed by atoms with Crippen molar-refractivity contribution in [1.29, 1.82) is 0 Å². The summed E-state index contributed by atoms with van der Waals surface area (Å²) in [5, 5.41) is 15.6. The Morgan fingerprint density at radius 2 is 1.81 bits per heavy atom. The first-order chi connectivity index (χ1) is 17.3. The zero-order valence-corrected chi connectivity index (χ0v) is 22.6. The van der Waals surface area contributed by atoms with Crippen LogP contribution in [0.3, 0.4) is 0 Å². The van der Waals surface area contributed by atoms with Crippen LogP contribution in [-0.4, -0.2) is 39.4 Å². The van der Waals surface area contributed by atoms with E-state index in [2.05, 4.69) is 27.8 Å². The largest absolute Gasteiger partial charge is 0.497 e. The lowest BCUT2D eigenvalue weighted by molar-refractivity contribution is -0.113. The molecule has 0 aliphatic carbocycles. The summed E-state index contributed by atoms with van der Waals surface area (Å²) in [6.07, 6.45) is 0.844. The number of rotatable bonds is 11. The lowest BCUT2D eigenvalue weighted by Crippen LogP contribution is -2.33. The number of amides is 2. The first-order valence-corrected chi connectivity index (χ1v) is 13.2. The first kappa shape index (κ1) is 27.3.